The molecule has 0 saturated carbocycles. The molecule has 2 aliphatic rings. The van der Waals surface area contributed by atoms with E-state index in [0.717, 1.165) is 4.90 Å². The summed E-state index contributed by atoms with van der Waals surface area (Å²) in [6.07, 6.45) is 1.70. The number of benzene rings is 3. The average molecular weight is 558 g/mol. The Morgan fingerprint density at radius 3 is 2.44 bits per heavy atom. The van der Waals surface area contributed by atoms with E-state index in [1.54, 1.807) is 54.4 Å². The Balaban J connectivity index is 1.51. The van der Waals surface area contributed by atoms with Crippen LogP contribution >= 0.6 is 0 Å². The summed E-state index contributed by atoms with van der Waals surface area (Å²) in [6.45, 7) is 0.278. The number of amides is 5. The fourth-order valence-electron chi connectivity index (χ4n) is 4.60. The van der Waals surface area contributed by atoms with E-state index in [9.17, 15) is 19.2 Å². The molecule has 0 unspecified atom stereocenters. The predicted molar refractivity (Wildman–Crippen MR) is 148 cm³/mol. The van der Waals surface area contributed by atoms with Crippen molar-refractivity contribution < 1.29 is 38.1 Å². The van der Waals surface area contributed by atoms with E-state index in [2.05, 4.69) is 5.32 Å². The quantitative estimate of drug-likeness (QED) is 0.330. The van der Waals surface area contributed by atoms with Crippen LogP contribution in [0.2, 0.25) is 0 Å². The summed E-state index contributed by atoms with van der Waals surface area (Å²) in [7, 11) is 4.62. The number of carbonyl (C=O) groups excluding carboxylic acids is 4. The Labute approximate surface area is 235 Å². The van der Waals surface area contributed by atoms with E-state index in [-0.39, 0.29) is 29.7 Å². The maximum Gasteiger partial charge on any atom is 0.335 e. The second kappa shape index (κ2) is 11.4. The number of anilines is 1. The molecule has 41 heavy (non-hydrogen) atoms. The number of ether oxygens (including phenoxy) is 4. The maximum atomic E-state index is 13.6. The van der Waals surface area contributed by atoms with Crippen molar-refractivity contribution in [2.45, 2.75) is 6.42 Å². The molecule has 2 aliphatic heterocycles. The van der Waals surface area contributed by atoms with E-state index in [4.69, 9.17) is 18.9 Å². The van der Waals surface area contributed by atoms with Crippen LogP contribution in [0.4, 0.5) is 10.5 Å². The maximum absolute atomic E-state index is 13.6. The first kappa shape index (κ1) is 27.3. The van der Waals surface area contributed by atoms with Crippen molar-refractivity contribution >= 4 is 35.5 Å². The van der Waals surface area contributed by atoms with Crippen LogP contribution in [0.5, 0.6) is 23.0 Å². The number of hydrogen-bond donors (Lipinski definition) is 1. The summed E-state index contributed by atoms with van der Waals surface area (Å²) in [5.41, 5.74) is 1.55. The predicted octanol–water partition coefficient (Wildman–Crippen LogP) is 3.41. The summed E-state index contributed by atoms with van der Waals surface area (Å²) >= 11 is 0. The smallest absolute Gasteiger partial charge is 0.335 e. The Morgan fingerprint density at radius 2 is 1.76 bits per heavy atom. The van der Waals surface area contributed by atoms with E-state index >= 15 is 0 Å². The number of nitrogens with one attached hydrogen (secondary N) is 1. The fourth-order valence-corrected chi connectivity index (χ4v) is 4.60. The van der Waals surface area contributed by atoms with Gasteiger partial charge in [0.25, 0.3) is 17.7 Å². The molecule has 0 aliphatic carbocycles. The van der Waals surface area contributed by atoms with Gasteiger partial charge in [-0.2, -0.15) is 0 Å². The Hall–Kier alpha value is -5.32. The molecule has 2 heterocycles. The van der Waals surface area contributed by atoms with Crippen molar-refractivity contribution in [1.82, 2.24) is 10.2 Å². The third-order valence-electron chi connectivity index (χ3n) is 6.75. The average Bonchev–Trinajstić information content (AvgIpc) is 3.46. The van der Waals surface area contributed by atoms with E-state index < -0.39 is 17.8 Å². The molecule has 1 fully saturated rings. The molecule has 3 aromatic carbocycles. The number of barbiturate groups is 1. The van der Waals surface area contributed by atoms with E-state index in [1.165, 1.54) is 32.4 Å². The number of methoxy groups -OCH3 is 2. The molecule has 5 rings (SSSR count). The van der Waals surface area contributed by atoms with Gasteiger partial charge in [-0.3, -0.25) is 19.7 Å². The number of urea groups is 1. The molecule has 11 nitrogen and oxygen atoms in total. The minimum atomic E-state index is -0.874. The summed E-state index contributed by atoms with van der Waals surface area (Å²) < 4.78 is 22.0. The first-order valence-electron chi connectivity index (χ1n) is 12.7. The first-order chi connectivity index (χ1) is 19.8. The number of fused-ring (bicyclic) bond motifs is 1. The lowest BCUT2D eigenvalue weighted by Crippen LogP contribution is -2.54. The van der Waals surface area contributed by atoms with Crippen LogP contribution in [-0.4, -0.2) is 63.3 Å². The van der Waals surface area contributed by atoms with Crippen LogP contribution in [0.1, 0.15) is 21.5 Å². The minimum Gasteiger partial charge on any atom is -0.497 e. The molecular weight excluding hydrogens is 530 g/mol. The normalized spacial score (nSPS) is 15.1. The van der Waals surface area contributed by atoms with E-state index in [1.807, 2.05) is 6.07 Å². The second-order valence-electron chi connectivity index (χ2n) is 9.22. The lowest BCUT2D eigenvalue weighted by Gasteiger charge is -2.27. The van der Waals surface area contributed by atoms with Gasteiger partial charge < -0.3 is 23.8 Å². The molecule has 1 saturated heterocycles. The number of likely N-dealkylation sites (N-methyl/N-ethyl adjacent to an activating group) is 1. The van der Waals surface area contributed by atoms with Crippen LogP contribution in [-0.2, 0) is 16.0 Å². The molecule has 1 N–H and O–H groups in total. The highest BCUT2D eigenvalue weighted by Crippen LogP contribution is 2.46. The van der Waals surface area contributed by atoms with Crippen molar-refractivity contribution in [2.24, 2.45) is 0 Å². The van der Waals surface area contributed by atoms with Gasteiger partial charge in [0.05, 0.1) is 19.9 Å². The Morgan fingerprint density at radius 1 is 1.02 bits per heavy atom. The SMILES string of the molecule is COc1ccc(N2C(=O)NC(=O)/C(=C/c3c(CCN(C)C(=O)c4ccccc4)cc4c(c3OC)OCO4)C2=O)cc1. The molecule has 3 aromatic rings. The zero-order valence-corrected chi connectivity index (χ0v) is 22.6. The monoisotopic (exact) mass is 557 g/mol. The topological polar surface area (TPSA) is 124 Å². The molecule has 0 spiro atoms. The highest BCUT2D eigenvalue weighted by molar-refractivity contribution is 6.39. The van der Waals surface area contributed by atoms with Crippen molar-refractivity contribution in [3.05, 3.63) is 82.9 Å². The van der Waals surface area contributed by atoms with Crippen LogP contribution in [0.15, 0.2) is 66.2 Å². The van der Waals surface area contributed by atoms with Gasteiger partial charge in [-0.25, -0.2) is 9.69 Å². The molecule has 0 atom stereocenters. The zero-order valence-electron chi connectivity index (χ0n) is 22.6. The molecule has 11 heteroatoms. The van der Waals surface area contributed by atoms with Gasteiger partial charge in [0, 0.05) is 24.7 Å². The number of rotatable bonds is 8. The lowest BCUT2D eigenvalue weighted by molar-refractivity contribution is -0.122. The van der Waals surface area contributed by atoms with Gasteiger partial charge in [0.15, 0.2) is 11.5 Å². The summed E-state index contributed by atoms with van der Waals surface area (Å²) in [5, 5.41) is 2.23. The molecule has 210 valence electrons. The number of carbonyl (C=O) groups is 4. The van der Waals surface area contributed by atoms with Crippen molar-refractivity contribution in [2.75, 3.05) is 39.5 Å². The van der Waals surface area contributed by atoms with Crippen molar-refractivity contribution in [3.63, 3.8) is 0 Å². The van der Waals surface area contributed by atoms with Gasteiger partial charge in [-0.15, -0.1) is 0 Å². The third kappa shape index (κ3) is 5.29. The number of nitrogens with zero attached hydrogens (tertiary/aromatic N) is 2. The largest absolute Gasteiger partial charge is 0.497 e. The molecule has 0 radical (unpaired) electrons. The highest BCUT2D eigenvalue weighted by atomic mass is 16.7. The van der Waals surface area contributed by atoms with Crippen LogP contribution in [0.3, 0.4) is 0 Å². The minimum absolute atomic E-state index is 0.0310. The third-order valence-corrected chi connectivity index (χ3v) is 6.75. The number of imide groups is 2. The Bertz CT molecular complexity index is 1550. The summed E-state index contributed by atoms with van der Waals surface area (Å²) in [5.74, 6) is -0.274. The zero-order chi connectivity index (χ0) is 29.1. The fraction of sp³-hybridized carbons (Fsp3) is 0.200. The summed E-state index contributed by atoms with van der Waals surface area (Å²) in [4.78, 5) is 54.5. The summed E-state index contributed by atoms with van der Waals surface area (Å²) in [6, 6.07) is 16.0. The first-order valence-corrected chi connectivity index (χ1v) is 12.7. The van der Waals surface area contributed by atoms with Crippen molar-refractivity contribution in [1.29, 1.82) is 0 Å². The van der Waals surface area contributed by atoms with Crippen LogP contribution < -0.4 is 29.2 Å². The number of hydrogen-bond acceptors (Lipinski definition) is 8. The van der Waals surface area contributed by atoms with E-state index in [0.29, 0.717) is 46.9 Å². The second-order valence-corrected chi connectivity index (χ2v) is 9.22. The molecule has 5 amide bonds. The molecular formula is C30H27N3O8. The van der Waals surface area contributed by atoms with Gasteiger partial charge in [0.1, 0.15) is 11.3 Å². The van der Waals surface area contributed by atoms with Crippen molar-refractivity contribution in [3.8, 4) is 23.0 Å². The van der Waals surface area contributed by atoms with Crippen LogP contribution in [0, 0.1) is 0 Å². The highest BCUT2D eigenvalue weighted by Gasteiger charge is 2.37. The molecule has 0 bridgehead atoms. The Kier molecular flexibility index (Phi) is 7.59. The van der Waals surface area contributed by atoms with Gasteiger partial charge >= 0.3 is 6.03 Å². The van der Waals surface area contributed by atoms with Gasteiger partial charge in [-0.1, -0.05) is 18.2 Å². The standard InChI is InChI=1S/C30H27N3O8/c1-32(28(35)18-7-5-4-6-8-18)14-13-19-15-24-26(41-17-40-24)25(39-3)22(19)16-23-27(34)31-30(37)33(29(23)36)20-9-11-21(38-2)12-10-20/h4-12,15-16H,13-14,17H2,1-3H3,(H,31,34,37)/b23-16-. The molecule has 0 aromatic heterocycles. The van der Waals surface area contributed by atoms with Gasteiger partial charge in [-0.05, 0) is 60.5 Å². The van der Waals surface area contributed by atoms with Crippen LogP contribution in [0.25, 0.3) is 6.08 Å². The van der Waals surface area contributed by atoms with Gasteiger partial charge in [0.2, 0.25) is 12.5 Å². The lowest BCUT2D eigenvalue weighted by atomic mass is 9.97.